The van der Waals surface area contributed by atoms with Crippen LogP contribution in [0.4, 0.5) is 0 Å². The Morgan fingerprint density at radius 2 is 2.05 bits per heavy atom. The smallest absolute Gasteiger partial charge is 0.255 e. The molecule has 0 aliphatic heterocycles. The molecule has 7 heteroatoms. The largest absolute Gasteiger partial charge is 0.293 e. The van der Waals surface area contributed by atoms with E-state index >= 15 is 0 Å². The summed E-state index contributed by atoms with van der Waals surface area (Å²) < 4.78 is 3.27. The number of hydrogen-bond acceptors (Lipinski definition) is 3. The van der Waals surface area contributed by atoms with E-state index in [1.54, 1.807) is 0 Å². The molecule has 0 saturated carbocycles. The fraction of sp³-hybridized carbons (Fsp3) is 0.417. The summed E-state index contributed by atoms with van der Waals surface area (Å²) in [6, 6.07) is 1.28. The van der Waals surface area contributed by atoms with E-state index < -0.39 is 0 Å². The van der Waals surface area contributed by atoms with Gasteiger partial charge in [-0.3, -0.25) is 14.0 Å². The molecule has 2 rings (SSSR count). The summed E-state index contributed by atoms with van der Waals surface area (Å²) in [6.45, 7) is 5.01. The first-order valence-electron chi connectivity index (χ1n) is 6.02. The number of hydrogen-bond donors (Lipinski definition) is 0. The molecule has 2 aromatic heterocycles. The van der Waals surface area contributed by atoms with Gasteiger partial charge in [-0.05, 0) is 13.3 Å². The summed E-state index contributed by atoms with van der Waals surface area (Å²) >= 11 is 12.0. The Kier molecular flexibility index (Phi) is 4.27. The van der Waals surface area contributed by atoms with E-state index in [-0.39, 0.29) is 10.7 Å². The second kappa shape index (κ2) is 5.75. The van der Waals surface area contributed by atoms with Crippen LogP contribution in [0, 0.1) is 0 Å². The SMILES string of the molecule is CCc1nn(CC)c(Cn2cnc(Cl)cc2=O)c1Cl. The number of halogens is 2. The van der Waals surface area contributed by atoms with Crippen molar-refractivity contribution < 1.29 is 0 Å². The minimum absolute atomic E-state index is 0.186. The number of aryl methyl sites for hydroxylation is 2. The van der Waals surface area contributed by atoms with Crippen LogP contribution in [0.15, 0.2) is 17.2 Å². The molecule has 0 spiro atoms. The van der Waals surface area contributed by atoms with Crippen molar-refractivity contribution in [1.82, 2.24) is 19.3 Å². The second-order valence-corrected chi connectivity index (χ2v) is 4.82. The van der Waals surface area contributed by atoms with E-state index in [9.17, 15) is 4.79 Å². The highest BCUT2D eigenvalue weighted by molar-refractivity contribution is 6.31. The van der Waals surface area contributed by atoms with Crippen LogP contribution in [-0.4, -0.2) is 19.3 Å². The van der Waals surface area contributed by atoms with Crippen LogP contribution in [-0.2, 0) is 19.5 Å². The van der Waals surface area contributed by atoms with Gasteiger partial charge < -0.3 is 0 Å². The van der Waals surface area contributed by atoms with E-state index in [0.717, 1.165) is 17.8 Å². The molecule has 102 valence electrons. The lowest BCUT2D eigenvalue weighted by Crippen LogP contribution is -2.21. The summed E-state index contributed by atoms with van der Waals surface area (Å²) in [6.07, 6.45) is 2.17. The third-order valence-electron chi connectivity index (χ3n) is 2.86. The number of nitrogens with zero attached hydrogens (tertiary/aromatic N) is 4. The Bertz CT molecular complexity index is 648. The van der Waals surface area contributed by atoms with Crippen LogP contribution < -0.4 is 5.56 Å². The standard InChI is InChI=1S/C12H14Cl2N4O/c1-3-8-12(14)9(18(4-2)16-8)6-17-7-15-10(13)5-11(17)19/h5,7H,3-4,6H2,1-2H3. The Balaban J connectivity index is 2.42. The predicted molar refractivity (Wildman–Crippen MR) is 74.9 cm³/mol. The minimum atomic E-state index is -0.210. The van der Waals surface area contributed by atoms with Gasteiger partial charge in [0.2, 0.25) is 0 Å². The van der Waals surface area contributed by atoms with Crippen molar-refractivity contribution in [3.05, 3.63) is 44.3 Å². The molecule has 0 aromatic carbocycles. The maximum Gasteiger partial charge on any atom is 0.255 e. The first kappa shape index (κ1) is 14.1. The molecule has 0 unspecified atom stereocenters. The van der Waals surface area contributed by atoms with Gasteiger partial charge in [0, 0.05) is 12.6 Å². The first-order valence-corrected chi connectivity index (χ1v) is 6.78. The molecular formula is C12H14Cl2N4O. The molecule has 0 saturated heterocycles. The lowest BCUT2D eigenvalue weighted by molar-refractivity contribution is 0.586. The van der Waals surface area contributed by atoms with Gasteiger partial charge in [0.25, 0.3) is 5.56 Å². The van der Waals surface area contributed by atoms with Gasteiger partial charge in [-0.15, -0.1) is 0 Å². The zero-order chi connectivity index (χ0) is 14.0. The summed E-state index contributed by atoms with van der Waals surface area (Å²) in [7, 11) is 0. The monoisotopic (exact) mass is 300 g/mol. The van der Waals surface area contributed by atoms with E-state index in [2.05, 4.69) is 10.1 Å². The highest BCUT2D eigenvalue weighted by atomic mass is 35.5. The summed E-state index contributed by atoms with van der Waals surface area (Å²) in [5, 5.41) is 5.22. The quantitative estimate of drug-likeness (QED) is 0.815. The van der Waals surface area contributed by atoms with Crippen LogP contribution in [0.3, 0.4) is 0 Å². The lowest BCUT2D eigenvalue weighted by Gasteiger charge is -2.07. The van der Waals surface area contributed by atoms with Crippen LogP contribution in [0.25, 0.3) is 0 Å². The molecule has 0 aliphatic rings. The van der Waals surface area contributed by atoms with Crippen molar-refractivity contribution in [2.24, 2.45) is 0 Å². The topological polar surface area (TPSA) is 52.7 Å². The molecule has 0 atom stereocenters. The fourth-order valence-electron chi connectivity index (χ4n) is 1.85. The van der Waals surface area contributed by atoms with E-state index in [1.807, 2.05) is 18.5 Å². The van der Waals surface area contributed by atoms with Crippen LogP contribution >= 0.6 is 23.2 Å². The fourth-order valence-corrected chi connectivity index (χ4v) is 2.32. The van der Waals surface area contributed by atoms with Gasteiger partial charge in [0.15, 0.2) is 0 Å². The average molecular weight is 301 g/mol. The lowest BCUT2D eigenvalue weighted by atomic mass is 10.3. The van der Waals surface area contributed by atoms with Crippen LogP contribution in [0.5, 0.6) is 0 Å². The van der Waals surface area contributed by atoms with E-state index in [0.29, 0.717) is 18.1 Å². The molecule has 0 bridgehead atoms. The van der Waals surface area contributed by atoms with Crippen molar-refractivity contribution in [2.75, 3.05) is 0 Å². The van der Waals surface area contributed by atoms with Gasteiger partial charge in [0.1, 0.15) is 5.15 Å². The molecular weight excluding hydrogens is 287 g/mol. The van der Waals surface area contributed by atoms with Crippen molar-refractivity contribution in [2.45, 2.75) is 33.4 Å². The predicted octanol–water partition coefficient (Wildman–Crippen LogP) is 2.38. The van der Waals surface area contributed by atoms with Gasteiger partial charge in [-0.25, -0.2) is 4.98 Å². The molecule has 0 fully saturated rings. The zero-order valence-corrected chi connectivity index (χ0v) is 12.2. The number of aromatic nitrogens is 4. The zero-order valence-electron chi connectivity index (χ0n) is 10.7. The average Bonchev–Trinajstić information content (AvgIpc) is 2.69. The molecule has 5 nitrogen and oxygen atoms in total. The first-order chi connectivity index (χ1) is 9.06. The second-order valence-electron chi connectivity index (χ2n) is 4.05. The van der Waals surface area contributed by atoms with E-state index in [1.165, 1.54) is 17.0 Å². The van der Waals surface area contributed by atoms with Crippen molar-refractivity contribution in [3.8, 4) is 0 Å². The van der Waals surface area contributed by atoms with E-state index in [4.69, 9.17) is 23.2 Å². The Morgan fingerprint density at radius 1 is 1.32 bits per heavy atom. The van der Waals surface area contributed by atoms with Crippen molar-refractivity contribution in [3.63, 3.8) is 0 Å². The Labute approximate surface area is 120 Å². The Hall–Kier alpha value is -1.33. The van der Waals surface area contributed by atoms with Gasteiger partial charge in [-0.2, -0.15) is 5.10 Å². The van der Waals surface area contributed by atoms with Crippen LogP contribution in [0.2, 0.25) is 10.2 Å². The molecule has 19 heavy (non-hydrogen) atoms. The third kappa shape index (κ3) is 2.82. The van der Waals surface area contributed by atoms with Crippen molar-refractivity contribution in [1.29, 1.82) is 0 Å². The molecule has 2 aromatic rings. The summed E-state index contributed by atoms with van der Waals surface area (Å²) in [5.41, 5.74) is 1.44. The van der Waals surface area contributed by atoms with Crippen molar-refractivity contribution >= 4 is 23.2 Å². The minimum Gasteiger partial charge on any atom is -0.293 e. The summed E-state index contributed by atoms with van der Waals surface area (Å²) in [4.78, 5) is 15.7. The molecule has 0 radical (unpaired) electrons. The van der Waals surface area contributed by atoms with Crippen LogP contribution in [0.1, 0.15) is 25.2 Å². The van der Waals surface area contributed by atoms with Gasteiger partial charge in [0.05, 0.1) is 29.3 Å². The third-order valence-corrected chi connectivity index (χ3v) is 3.50. The van der Waals surface area contributed by atoms with Gasteiger partial charge >= 0.3 is 0 Å². The highest BCUT2D eigenvalue weighted by Gasteiger charge is 2.15. The summed E-state index contributed by atoms with van der Waals surface area (Å²) in [5.74, 6) is 0. The molecule has 0 N–H and O–H groups in total. The molecule has 0 amide bonds. The Morgan fingerprint density at radius 3 is 2.63 bits per heavy atom. The number of rotatable bonds is 4. The van der Waals surface area contributed by atoms with Gasteiger partial charge in [-0.1, -0.05) is 30.1 Å². The highest BCUT2D eigenvalue weighted by Crippen LogP contribution is 2.22. The molecule has 0 aliphatic carbocycles. The maximum absolute atomic E-state index is 11.8. The molecule has 2 heterocycles. The normalized spacial score (nSPS) is 10.9. The maximum atomic E-state index is 11.8.